The molecule has 3 rings (SSSR count). The standard InChI is InChI=1S/C11H9BrN2OS/c12-5-7-6-16-11-13-10(15)8-3-1-2-4-9(8)14(7)11/h1-4,7H,5-6H2. The number of nitrogens with zero attached hydrogens (tertiary/aromatic N) is 2. The highest BCUT2D eigenvalue weighted by Crippen LogP contribution is 2.34. The Morgan fingerprint density at radius 3 is 3.12 bits per heavy atom. The maximum Gasteiger partial charge on any atom is 0.281 e. The number of thioether (sulfide) groups is 1. The van der Waals surface area contributed by atoms with Crippen LogP contribution in [-0.2, 0) is 0 Å². The minimum absolute atomic E-state index is 0.121. The summed E-state index contributed by atoms with van der Waals surface area (Å²) in [5.41, 5.74) is 0.872. The summed E-state index contributed by atoms with van der Waals surface area (Å²) in [4.78, 5) is 15.9. The zero-order chi connectivity index (χ0) is 11.1. The molecule has 16 heavy (non-hydrogen) atoms. The van der Waals surface area contributed by atoms with Gasteiger partial charge in [0.05, 0.1) is 16.9 Å². The van der Waals surface area contributed by atoms with Crippen molar-refractivity contribution >= 4 is 38.6 Å². The first-order valence-electron chi connectivity index (χ1n) is 5.01. The highest BCUT2D eigenvalue weighted by atomic mass is 79.9. The van der Waals surface area contributed by atoms with E-state index in [1.165, 1.54) is 0 Å². The molecule has 1 aliphatic heterocycles. The third-order valence-corrected chi connectivity index (χ3v) is 4.59. The number of alkyl halides is 1. The van der Waals surface area contributed by atoms with Crippen LogP contribution in [0.15, 0.2) is 34.2 Å². The van der Waals surface area contributed by atoms with Crippen molar-refractivity contribution in [2.45, 2.75) is 11.2 Å². The third kappa shape index (κ3) is 1.42. The number of para-hydroxylation sites is 1. The summed E-state index contributed by atoms with van der Waals surface area (Å²) in [7, 11) is 0. The van der Waals surface area contributed by atoms with Gasteiger partial charge < -0.3 is 4.57 Å². The summed E-state index contributed by atoms with van der Waals surface area (Å²) >= 11 is 5.16. The lowest BCUT2D eigenvalue weighted by Gasteiger charge is -2.13. The molecule has 1 unspecified atom stereocenters. The van der Waals surface area contributed by atoms with Gasteiger partial charge >= 0.3 is 0 Å². The second-order valence-corrected chi connectivity index (χ2v) is 5.34. The number of aromatic nitrogens is 2. The molecule has 3 nitrogen and oxygen atoms in total. The van der Waals surface area contributed by atoms with E-state index in [4.69, 9.17) is 0 Å². The SMILES string of the molecule is O=c1nc2n(c3ccccc13)C(CBr)CS2. The Balaban J connectivity index is 2.42. The van der Waals surface area contributed by atoms with Crippen molar-refractivity contribution in [3.8, 4) is 0 Å². The molecule has 0 spiro atoms. The lowest BCUT2D eigenvalue weighted by molar-refractivity contribution is 0.594. The Labute approximate surface area is 105 Å². The van der Waals surface area contributed by atoms with Crippen LogP contribution in [0.2, 0.25) is 0 Å². The van der Waals surface area contributed by atoms with Gasteiger partial charge in [-0.05, 0) is 12.1 Å². The first-order valence-corrected chi connectivity index (χ1v) is 7.12. The summed E-state index contributed by atoms with van der Waals surface area (Å²) in [6.07, 6.45) is 0. The van der Waals surface area contributed by atoms with Crippen molar-refractivity contribution in [1.29, 1.82) is 0 Å². The van der Waals surface area contributed by atoms with Gasteiger partial charge in [0.1, 0.15) is 0 Å². The van der Waals surface area contributed by atoms with Crippen LogP contribution in [0.5, 0.6) is 0 Å². The highest BCUT2D eigenvalue weighted by molar-refractivity contribution is 9.09. The quantitative estimate of drug-likeness (QED) is 0.599. The van der Waals surface area contributed by atoms with Crippen LogP contribution in [0, 0.1) is 0 Å². The molecule has 2 heterocycles. The molecule has 0 radical (unpaired) electrons. The summed E-state index contributed by atoms with van der Waals surface area (Å²) in [5.74, 6) is 0.978. The van der Waals surface area contributed by atoms with Gasteiger partial charge in [-0.2, -0.15) is 4.98 Å². The molecule has 5 heteroatoms. The lowest BCUT2D eigenvalue weighted by Crippen LogP contribution is -2.16. The Morgan fingerprint density at radius 1 is 1.50 bits per heavy atom. The lowest BCUT2D eigenvalue weighted by atomic mass is 10.2. The second kappa shape index (κ2) is 3.89. The predicted molar refractivity (Wildman–Crippen MR) is 69.6 cm³/mol. The van der Waals surface area contributed by atoms with E-state index in [9.17, 15) is 4.79 Å². The van der Waals surface area contributed by atoms with E-state index in [2.05, 4.69) is 25.5 Å². The molecule has 0 fully saturated rings. The Kier molecular flexibility index (Phi) is 2.52. The van der Waals surface area contributed by atoms with Gasteiger partial charge in [0, 0.05) is 11.1 Å². The molecule has 1 aromatic carbocycles. The molecule has 2 aromatic rings. The van der Waals surface area contributed by atoms with Crippen LogP contribution in [0.25, 0.3) is 10.9 Å². The van der Waals surface area contributed by atoms with Crippen LogP contribution >= 0.6 is 27.7 Å². The van der Waals surface area contributed by atoms with E-state index >= 15 is 0 Å². The van der Waals surface area contributed by atoms with Gasteiger partial charge in [0.25, 0.3) is 5.56 Å². The van der Waals surface area contributed by atoms with Crippen LogP contribution in [-0.4, -0.2) is 20.6 Å². The summed E-state index contributed by atoms with van der Waals surface area (Å²) in [5, 5.41) is 2.44. The van der Waals surface area contributed by atoms with Crippen molar-refractivity contribution in [3.63, 3.8) is 0 Å². The smallest absolute Gasteiger partial charge is 0.281 e. The maximum absolute atomic E-state index is 11.8. The van der Waals surface area contributed by atoms with Gasteiger partial charge in [-0.3, -0.25) is 4.79 Å². The largest absolute Gasteiger partial charge is 0.315 e. The van der Waals surface area contributed by atoms with Gasteiger partial charge in [0.2, 0.25) is 0 Å². The summed E-state index contributed by atoms with van der Waals surface area (Å²) in [6.45, 7) is 0. The Hall–Kier alpha value is -0.810. The number of benzene rings is 1. The minimum Gasteiger partial charge on any atom is -0.315 e. The summed E-state index contributed by atoms with van der Waals surface area (Å²) in [6, 6.07) is 8.06. The fraction of sp³-hybridized carbons (Fsp3) is 0.273. The van der Waals surface area contributed by atoms with E-state index in [0.717, 1.165) is 21.8 Å². The van der Waals surface area contributed by atoms with E-state index < -0.39 is 0 Å². The number of fused-ring (bicyclic) bond motifs is 3. The number of halogens is 1. The molecule has 0 aliphatic carbocycles. The predicted octanol–water partition coefficient (Wildman–Crippen LogP) is 2.44. The van der Waals surface area contributed by atoms with Crippen molar-refractivity contribution in [2.75, 3.05) is 11.1 Å². The van der Waals surface area contributed by atoms with Crippen molar-refractivity contribution in [1.82, 2.24) is 9.55 Å². The van der Waals surface area contributed by atoms with Crippen molar-refractivity contribution in [2.24, 2.45) is 0 Å². The Bertz CT molecular complexity index is 610. The van der Waals surface area contributed by atoms with E-state index in [0.29, 0.717) is 11.4 Å². The minimum atomic E-state index is -0.121. The second-order valence-electron chi connectivity index (χ2n) is 3.71. The maximum atomic E-state index is 11.8. The van der Waals surface area contributed by atoms with E-state index in [1.807, 2.05) is 24.3 Å². The first-order chi connectivity index (χ1) is 7.81. The van der Waals surface area contributed by atoms with E-state index in [-0.39, 0.29) is 5.56 Å². The van der Waals surface area contributed by atoms with E-state index in [1.54, 1.807) is 11.8 Å². The molecule has 0 N–H and O–H groups in total. The zero-order valence-electron chi connectivity index (χ0n) is 8.39. The van der Waals surface area contributed by atoms with Crippen molar-refractivity contribution < 1.29 is 0 Å². The molecule has 1 aliphatic rings. The fourth-order valence-electron chi connectivity index (χ4n) is 1.98. The average molecular weight is 297 g/mol. The molecule has 0 saturated carbocycles. The third-order valence-electron chi connectivity index (χ3n) is 2.75. The molecule has 0 bridgehead atoms. The van der Waals surface area contributed by atoms with Gasteiger partial charge in [-0.1, -0.05) is 39.8 Å². The molecular formula is C11H9BrN2OS. The number of hydrogen-bond donors (Lipinski definition) is 0. The highest BCUT2D eigenvalue weighted by Gasteiger charge is 2.24. The molecular weight excluding hydrogens is 288 g/mol. The number of rotatable bonds is 1. The molecule has 82 valence electrons. The zero-order valence-corrected chi connectivity index (χ0v) is 10.8. The first kappa shape index (κ1) is 10.4. The normalized spacial score (nSPS) is 18.9. The topological polar surface area (TPSA) is 34.9 Å². The van der Waals surface area contributed by atoms with Gasteiger partial charge in [0.15, 0.2) is 5.16 Å². The summed E-state index contributed by atoms with van der Waals surface area (Å²) < 4.78 is 2.16. The van der Waals surface area contributed by atoms with Crippen LogP contribution in [0.4, 0.5) is 0 Å². The number of hydrogen-bond acceptors (Lipinski definition) is 3. The molecule has 0 amide bonds. The molecule has 1 atom stereocenters. The molecule has 1 aromatic heterocycles. The average Bonchev–Trinajstić information content (AvgIpc) is 2.72. The van der Waals surface area contributed by atoms with Crippen LogP contribution in [0.1, 0.15) is 6.04 Å². The van der Waals surface area contributed by atoms with Gasteiger partial charge in [-0.15, -0.1) is 0 Å². The fourth-order valence-corrected chi connectivity index (χ4v) is 3.95. The van der Waals surface area contributed by atoms with Gasteiger partial charge in [-0.25, -0.2) is 0 Å². The van der Waals surface area contributed by atoms with Crippen LogP contribution < -0.4 is 5.56 Å². The van der Waals surface area contributed by atoms with Crippen LogP contribution in [0.3, 0.4) is 0 Å². The van der Waals surface area contributed by atoms with Crippen molar-refractivity contribution in [3.05, 3.63) is 34.6 Å². The monoisotopic (exact) mass is 296 g/mol. The molecule has 0 saturated heterocycles. The Morgan fingerprint density at radius 2 is 2.31 bits per heavy atom.